The van der Waals surface area contributed by atoms with Gasteiger partial charge in [-0.3, -0.25) is 24.1 Å². The van der Waals surface area contributed by atoms with E-state index in [0.29, 0.717) is 5.56 Å². The van der Waals surface area contributed by atoms with E-state index in [1.165, 1.54) is 42.1 Å². The fraction of sp³-hybridized carbons (Fsp3) is 0.545. The number of hydrogen-bond donors (Lipinski definition) is 6. The minimum absolute atomic E-state index is 0.0657. The van der Waals surface area contributed by atoms with Gasteiger partial charge in [-0.05, 0) is 38.5 Å². The van der Waals surface area contributed by atoms with Crippen molar-refractivity contribution in [2.75, 3.05) is 45.6 Å². The molecule has 2 heterocycles. The van der Waals surface area contributed by atoms with Gasteiger partial charge in [-0.2, -0.15) is 0 Å². The molecule has 20 heteroatoms. The predicted molar refractivity (Wildman–Crippen MR) is 180 cm³/mol. The Hall–Kier alpha value is -5.31. The van der Waals surface area contributed by atoms with Crippen LogP contribution in [-0.2, 0) is 44.8 Å². The Labute approximate surface area is 304 Å². The number of carboxylic acid groups (broad SMARTS) is 1. The van der Waals surface area contributed by atoms with Crippen LogP contribution < -0.4 is 15.4 Å². The van der Waals surface area contributed by atoms with Gasteiger partial charge in [0.25, 0.3) is 11.8 Å². The number of benzene rings is 1. The van der Waals surface area contributed by atoms with Gasteiger partial charge in [0.05, 0.1) is 5.69 Å². The molecule has 0 aliphatic carbocycles. The van der Waals surface area contributed by atoms with Crippen LogP contribution in [0.2, 0.25) is 0 Å². The Kier molecular flexibility index (Phi) is 14.7. The fourth-order valence-corrected chi connectivity index (χ4v) is 4.70. The number of aliphatic hydroxyl groups is 3. The molecule has 0 bridgehead atoms. The van der Waals surface area contributed by atoms with Crippen molar-refractivity contribution in [1.29, 1.82) is 0 Å². The molecule has 3 unspecified atom stereocenters. The number of nitrogens with one attached hydrogen (secondary N) is 2. The first-order valence-corrected chi connectivity index (χ1v) is 16.4. The molecule has 0 spiro atoms. The zero-order valence-electron chi connectivity index (χ0n) is 29.8. The molecule has 1 aromatic carbocycles. The van der Waals surface area contributed by atoms with Crippen molar-refractivity contribution < 1.29 is 72.9 Å². The van der Waals surface area contributed by atoms with E-state index in [-0.39, 0.29) is 57.1 Å². The summed E-state index contributed by atoms with van der Waals surface area (Å²) in [6.45, 7) is 4.81. The Morgan fingerprint density at radius 3 is 2.11 bits per heavy atom. The predicted octanol–water partition coefficient (Wildman–Crippen LogP) is -0.847. The highest BCUT2D eigenvalue weighted by Gasteiger charge is 2.48. The summed E-state index contributed by atoms with van der Waals surface area (Å²) in [6.07, 6.45) is -9.23. The van der Waals surface area contributed by atoms with Gasteiger partial charge in [0, 0.05) is 65.3 Å². The maximum Gasteiger partial charge on any atom is 0.410 e. The lowest BCUT2D eigenvalue weighted by Crippen LogP contribution is -2.61. The third kappa shape index (κ3) is 12.4. The molecule has 5 atom stereocenters. The number of carbonyl (C=O) groups excluding carboxylic acids is 6. The zero-order chi connectivity index (χ0) is 39.6. The minimum Gasteiger partial charge on any atom is -0.479 e. The molecule has 0 radical (unpaired) electrons. The molecule has 1 aromatic rings. The Bertz CT molecular complexity index is 1560. The van der Waals surface area contributed by atoms with E-state index < -0.39 is 78.1 Å². The lowest BCUT2D eigenvalue weighted by Gasteiger charge is -2.38. The SMILES string of the molecule is CN(CCN(C)C(=O)OC(C)(C)C)C(=O)OCc1ccc(OC2OC(C(=O)O)[C@@H](O)C(O)[C@H]2O)c(NC(=O)CCNC(=O)CCN2C(=O)C=CC2=O)c1. The van der Waals surface area contributed by atoms with Crippen LogP contribution in [0.25, 0.3) is 0 Å². The molecule has 20 nitrogen and oxygen atoms in total. The standard InChI is InChI=1S/C33H45N5O15/c1-33(2,3)53-32(49)37(5)15-14-36(4)31(48)50-17-18-6-7-20(51-30-27(45)25(43)26(44)28(52-30)29(46)47)19(16-18)35-22(40)10-12-34-21(39)11-13-38-23(41)8-9-24(38)42/h6-9,16,25-28,30,43-45H,10-15,17H2,1-5H3,(H,34,39)(H,35,40)(H,46,47)/t25?,26-,27+,28?,30?/m0/s1. The molecule has 3 rings (SSSR count). The summed E-state index contributed by atoms with van der Waals surface area (Å²) >= 11 is 0. The van der Waals surface area contributed by atoms with E-state index in [4.69, 9.17) is 18.9 Å². The van der Waals surface area contributed by atoms with Crippen LogP contribution in [-0.4, -0.2) is 153 Å². The number of hydrogen-bond acceptors (Lipinski definition) is 14. The molecule has 1 fully saturated rings. The number of likely N-dealkylation sites (N-methyl/N-ethyl adjacent to an activating group) is 2. The molecular formula is C33H45N5O15. The van der Waals surface area contributed by atoms with Crippen LogP contribution in [0.5, 0.6) is 5.75 Å². The van der Waals surface area contributed by atoms with Crippen LogP contribution in [0, 0.1) is 0 Å². The average molecular weight is 752 g/mol. The normalized spacial score (nSPS) is 21.1. The summed E-state index contributed by atoms with van der Waals surface area (Å²) < 4.78 is 21.5. The van der Waals surface area contributed by atoms with Gasteiger partial charge in [-0.25, -0.2) is 14.4 Å². The summed E-state index contributed by atoms with van der Waals surface area (Å²) in [7, 11) is 2.98. The number of anilines is 1. The van der Waals surface area contributed by atoms with Gasteiger partial charge in [0.1, 0.15) is 36.3 Å². The first-order valence-electron chi connectivity index (χ1n) is 16.4. The fourth-order valence-electron chi connectivity index (χ4n) is 4.70. The van der Waals surface area contributed by atoms with E-state index in [1.807, 2.05) is 0 Å². The first-order chi connectivity index (χ1) is 24.8. The highest BCUT2D eigenvalue weighted by Crippen LogP contribution is 2.31. The zero-order valence-corrected chi connectivity index (χ0v) is 29.8. The number of aliphatic carboxylic acids is 1. The second-order valence-electron chi connectivity index (χ2n) is 13.1. The van der Waals surface area contributed by atoms with Crippen molar-refractivity contribution >= 4 is 47.5 Å². The Morgan fingerprint density at radius 2 is 1.51 bits per heavy atom. The topological polar surface area (TPSA) is 271 Å². The Balaban J connectivity index is 1.65. The van der Waals surface area contributed by atoms with Crippen molar-refractivity contribution in [3.63, 3.8) is 0 Å². The van der Waals surface area contributed by atoms with Gasteiger partial charge in [0.15, 0.2) is 6.10 Å². The van der Waals surface area contributed by atoms with Crippen LogP contribution in [0.3, 0.4) is 0 Å². The van der Waals surface area contributed by atoms with Gasteiger partial charge in [-0.1, -0.05) is 6.07 Å². The minimum atomic E-state index is -1.97. The monoisotopic (exact) mass is 751 g/mol. The summed E-state index contributed by atoms with van der Waals surface area (Å²) in [5.74, 6) is -4.08. The highest BCUT2D eigenvalue weighted by atomic mass is 16.7. The number of amides is 6. The van der Waals surface area contributed by atoms with E-state index in [9.17, 15) is 54.0 Å². The second-order valence-corrected chi connectivity index (χ2v) is 13.1. The van der Waals surface area contributed by atoms with Crippen molar-refractivity contribution in [3.05, 3.63) is 35.9 Å². The van der Waals surface area contributed by atoms with Gasteiger partial charge in [0.2, 0.25) is 18.1 Å². The van der Waals surface area contributed by atoms with Crippen molar-refractivity contribution in [3.8, 4) is 5.75 Å². The number of carbonyl (C=O) groups is 7. The molecule has 6 N–H and O–H groups in total. The highest BCUT2D eigenvalue weighted by molar-refractivity contribution is 6.13. The number of rotatable bonds is 15. The maximum atomic E-state index is 12.9. The van der Waals surface area contributed by atoms with E-state index >= 15 is 0 Å². The molecule has 53 heavy (non-hydrogen) atoms. The van der Waals surface area contributed by atoms with Gasteiger partial charge >= 0.3 is 18.2 Å². The molecule has 2 aliphatic heterocycles. The largest absolute Gasteiger partial charge is 0.479 e. The molecule has 1 saturated heterocycles. The van der Waals surface area contributed by atoms with Gasteiger partial charge < -0.3 is 59.8 Å². The molecule has 2 aliphatic rings. The molecule has 0 aromatic heterocycles. The van der Waals surface area contributed by atoms with Crippen molar-refractivity contribution in [1.82, 2.24) is 20.0 Å². The molecule has 0 saturated carbocycles. The summed E-state index contributed by atoms with van der Waals surface area (Å²) in [5, 5.41) is 45.1. The smallest absolute Gasteiger partial charge is 0.410 e. The summed E-state index contributed by atoms with van der Waals surface area (Å²) in [5.41, 5.74) is -0.431. The number of aliphatic hydroxyl groups excluding tert-OH is 3. The van der Waals surface area contributed by atoms with Crippen LogP contribution in [0.1, 0.15) is 39.2 Å². The number of carboxylic acids is 1. The quantitative estimate of drug-likeness (QED) is 0.119. The second kappa shape index (κ2) is 18.4. The third-order valence-electron chi connectivity index (χ3n) is 7.66. The lowest BCUT2D eigenvalue weighted by molar-refractivity contribution is -0.271. The number of imide groups is 1. The van der Waals surface area contributed by atoms with E-state index in [1.54, 1.807) is 20.8 Å². The van der Waals surface area contributed by atoms with Crippen molar-refractivity contribution in [2.24, 2.45) is 0 Å². The van der Waals surface area contributed by atoms with Crippen molar-refractivity contribution in [2.45, 2.75) is 76.5 Å². The van der Waals surface area contributed by atoms with Crippen LogP contribution in [0.4, 0.5) is 15.3 Å². The number of ether oxygens (including phenoxy) is 4. The molecule has 292 valence electrons. The average Bonchev–Trinajstić information content (AvgIpc) is 3.40. The molecular weight excluding hydrogens is 706 g/mol. The van der Waals surface area contributed by atoms with E-state index in [2.05, 4.69) is 10.6 Å². The third-order valence-corrected chi connectivity index (χ3v) is 7.66. The van der Waals surface area contributed by atoms with Gasteiger partial charge in [-0.15, -0.1) is 0 Å². The van der Waals surface area contributed by atoms with Crippen LogP contribution in [0.15, 0.2) is 30.4 Å². The summed E-state index contributed by atoms with van der Waals surface area (Å²) in [6, 6.07) is 4.07. The van der Waals surface area contributed by atoms with Crippen LogP contribution >= 0.6 is 0 Å². The summed E-state index contributed by atoms with van der Waals surface area (Å²) in [4.78, 5) is 88.4. The Morgan fingerprint density at radius 1 is 0.887 bits per heavy atom. The first kappa shape index (κ1) is 42.1. The van der Waals surface area contributed by atoms with E-state index in [0.717, 1.165) is 17.1 Å². The maximum absolute atomic E-state index is 12.9. The molecule has 6 amide bonds. The number of nitrogens with zero attached hydrogens (tertiary/aromatic N) is 3. The lowest BCUT2D eigenvalue weighted by atomic mass is 9.99.